The molecule has 13 heteroatoms. The molecule has 2 unspecified atom stereocenters. The number of pyridine rings is 1. The smallest absolute Gasteiger partial charge is 0.294 e. The van der Waals surface area contributed by atoms with Crippen LogP contribution in [-0.4, -0.2) is 69.7 Å². The predicted octanol–water partition coefficient (Wildman–Crippen LogP) is 4.50. The van der Waals surface area contributed by atoms with Gasteiger partial charge < -0.3 is 20.1 Å². The number of alkyl halides is 2. The lowest BCUT2D eigenvalue weighted by atomic mass is 10.0. The molecule has 2 N–H and O–H groups in total. The van der Waals surface area contributed by atoms with Gasteiger partial charge in [0.1, 0.15) is 11.7 Å². The summed E-state index contributed by atoms with van der Waals surface area (Å²) in [6.45, 7) is 3.76. The van der Waals surface area contributed by atoms with Gasteiger partial charge in [0.15, 0.2) is 0 Å². The van der Waals surface area contributed by atoms with Crippen molar-refractivity contribution in [3.05, 3.63) is 78.5 Å². The molecule has 3 fully saturated rings. The van der Waals surface area contributed by atoms with Gasteiger partial charge >= 0.3 is 0 Å². The van der Waals surface area contributed by atoms with E-state index >= 15 is 8.78 Å². The minimum absolute atomic E-state index is 0.0261. The van der Waals surface area contributed by atoms with E-state index in [1.54, 1.807) is 29.2 Å². The summed E-state index contributed by atoms with van der Waals surface area (Å²) in [5, 5.41) is 15.0. The van der Waals surface area contributed by atoms with E-state index in [0.29, 0.717) is 35.8 Å². The number of nitrogens with one attached hydrogen (secondary N) is 2. The van der Waals surface area contributed by atoms with Crippen molar-refractivity contribution < 1.29 is 23.3 Å². The largest absolute Gasteiger partial charge is 0.369 e. The summed E-state index contributed by atoms with van der Waals surface area (Å²) in [5.74, 6) is -4.09. The lowest BCUT2D eigenvalue weighted by Gasteiger charge is -2.25. The van der Waals surface area contributed by atoms with Crippen LogP contribution in [0.5, 0.6) is 0 Å². The van der Waals surface area contributed by atoms with Gasteiger partial charge in [-0.05, 0) is 29.4 Å². The van der Waals surface area contributed by atoms with Crippen molar-refractivity contribution in [2.45, 2.75) is 25.8 Å². The first-order valence-electron chi connectivity index (χ1n) is 13.1. The number of amides is 2. The van der Waals surface area contributed by atoms with Crippen molar-refractivity contribution in [2.75, 3.05) is 31.5 Å². The zero-order valence-electron chi connectivity index (χ0n) is 22.1. The predicted molar refractivity (Wildman–Crippen MR) is 150 cm³/mol. The molecule has 3 atom stereocenters. The van der Waals surface area contributed by atoms with Crippen LogP contribution in [0.4, 0.5) is 20.2 Å². The van der Waals surface area contributed by atoms with Crippen LogP contribution in [0.25, 0.3) is 10.9 Å². The molecular weight excluding hydrogens is 604 g/mol. The highest BCUT2D eigenvalue weighted by Gasteiger charge is 2.62. The summed E-state index contributed by atoms with van der Waals surface area (Å²) in [6.07, 6.45) is 0. The topological polar surface area (TPSA) is 129 Å². The summed E-state index contributed by atoms with van der Waals surface area (Å²) < 4.78 is 31.1. The highest BCUT2D eigenvalue weighted by Crippen LogP contribution is 2.62. The van der Waals surface area contributed by atoms with Crippen LogP contribution in [0, 0.1) is 27.4 Å². The fourth-order valence-corrected chi connectivity index (χ4v) is 6.79. The lowest BCUT2D eigenvalue weighted by Crippen LogP contribution is -2.39. The molecule has 3 heterocycles. The van der Waals surface area contributed by atoms with Gasteiger partial charge in [0.2, 0.25) is 5.56 Å². The Kier molecular flexibility index (Phi) is 6.21. The summed E-state index contributed by atoms with van der Waals surface area (Å²) in [5.41, 5.74) is -1.01. The van der Waals surface area contributed by atoms with E-state index in [4.69, 9.17) is 0 Å². The molecule has 2 saturated heterocycles. The van der Waals surface area contributed by atoms with Gasteiger partial charge in [-0.1, -0.05) is 48.0 Å². The number of fused-ring (bicyclic) bond motifs is 2. The molecular formula is C28H26BrF2N5O5. The number of likely N-dealkylation sites (tertiary alicyclic amines) is 2. The zero-order valence-corrected chi connectivity index (χ0v) is 23.7. The number of benzene rings is 2. The highest BCUT2D eigenvalue weighted by atomic mass is 79.9. The Morgan fingerprint density at radius 2 is 1.71 bits per heavy atom. The fourth-order valence-electron chi connectivity index (χ4n) is 6.34. The Balaban J connectivity index is 1.31. The molecule has 41 heavy (non-hydrogen) atoms. The number of anilines is 1. The second-order valence-corrected chi connectivity index (χ2v) is 12.5. The van der Waals surface area contributed by atoms with Gasteiger partial charge in [0.05, 0.1) is 22.6 Å². The number of piperidine rings is 1. The van der Waals surface area contributed by atoms with Gasteiger partial charge in [-0.15, -0.1) is 0 Å². The van der Waals surface area contributed by atoms with Crippen LogP contribution in [0.3, 0.4) is 0 Å². The average Bonchev–Trinajstić information content (AvgIpc) is 3.24. The number of aromatic nitrogens is 1. The van der Waals surface area contributed by atoms with Crippen molar-refractivity contribution in [1.82, 2.24) is 14.8 Å². The van der Waals surface area contributed by atoms with Crippen molar-refractivity contribution >= 4 is 50.0 Å². The van der Waals surface area contributed by atoms with E-state index in [0.717, 1.165) is 17.0 Å². The number of nitrogens with zero attached hydrogens (tertiary/aromatic N) is 3. The molecule has 1 aliphatic carbocycles. The molecule has 0 spiro atoms. The molecule has 6 rings (SSSR count). The van der Waals surface area contributed by atoms with E-state index < -0.39 is 53.0 Å². The van der Waals surface area contributed by atoms with Gasteiger partial charge in [-0.3, -0.25) is 24.5 Å². The molecule has 0 radical (unpaired) electrons. The molecule has 2 aliphatic heterocycles. The first kappa shape index (κ1) is 27.3. The summed E-state index contributed by atoms with van der Waals surface area (Å²) in [6, 6.07) is 8.44. The second-order valence-electron chi connectivity index (χ2n) is 11.6. The Hall–Kier alpha value is -3.87. The fraction of sp³-hybridized carbons (Fsp3) is 0.393. The van der Waals surface area contributed by atoms with E-state index in [9.17, 15) is 24.5 Å². The maximum absolute atomic E-state index is 15.4. The van der Waals surface area contributed by atoms with Gasteiger partial charge in [0, 0.05) is 47.1 Å². The Morgan fingerprint density at radius 1 is 1.05 bits per heavy atom. The third kappa shape index (κ3) is 4.55. The number of nitro groups is 1. The molecule has 0 bridgehead atoms. The quantitative estimate of drug-likeness (QED) is 0.316. The van der Waals surface area contributed by atoms with Crippen LogP contribution in [-0.2, 0) is 0 Å². The number of carbonyl (C=O) groups is 2. The second kappa shape index (κ2) is 9.33. The minimum Gasteiger partial charge on any atom is -0.369 e. The first-order valence-corrected chi connectivity index (χ1v) is 13.9. The SMILES string of the molecule is CC1(C)C2CN(C(=O)c3cc(Br)cc([N+](=O)[O-])c3N[C@H]3CN(C(=O)c4cc(=O)[nH]c5ccccc45)CC3(F)F)CC21. The number of hydrogen-bond acceptors (Lipinski definition) is 6. The van der Waals surface area contributed by atoms with Crippen LogP contribution in [0.15, 0.2) is 51.7 Å². The van der Waals surface area contributed by atoms with Crippen LogP contribution in [0.1, 0.15) is 34.6 Å². The van der Waals surface area contributed by atoms with Crippen molar-refractivity contribution in [3.63, 3.8) is 0 Å². The van der Waals surface area contributed by atoms with E-state index in [2.05, 4.69) is 40.1 Å². The number of halogens is 3. The van der Waals surface area contributed by atoms with Crippen molar-refractivity contribution in [2.24, 2.45) is 17.3 Å². The number of aromatic amines is 1. The van der Waals surface area contributed by atoms with Gasteiger partial charge in [-0.2, -0.15) is 0 Å². The molecule has 2 aromatic carbocycles. The molecule has 3 aliphatic rings. The lowest BCUT2D eigenvalue weighted by molar-refractivity contribution is -0.384. The summed E-state index contributed by atoms with van der Waals surface area (Å²) >= 11 is 3.21. The Bertz CT molecular complexity index is 1680. The number of hydrogen-bond donors (Lipinski definition) is 2. The standard InChI is InChI=1S/C28H26BrF2N5O5/c1-27(2)18-10-34(11-19(18)27)26(39)17-7-14(29)8-21(36(40)41)24(17)33-22-12-35(13-28(22,30)31)25(38)16-9-23(37)32-20-6-4-3-5-15(16)20/h3-9,18-19,22,33H,10-13H2,1-2H3,(H,32,37)/t18?,19?,22-/m0/s1. The van der Waals surface area contributed by atoms with Crippen molar-refractivity contribution in [3.8, 4) is 0 Å². The maximum Gasteiger partial charge on any atom is 0.294 e. The number of carbonyl (C=O) groups excluding carboxylic acids is 2. The molecule has 1 saturated carbocycles. The number of H-pyrrole nitrogens is 1. The molecule has 1 aromatic heterocycles. The Labute approximate surface area is 241 Å². The molecule has 2 amide bonds. The highest BCUT2D eigenvalue weighted by molar-refractivity contribution is 9.10. The van der Waals surface area contributed by atoms with Crippen LogP contribution in [0.2, 0.25) is 0 Å². The van der Waals surface area contributed by atoms with Crippen molar-refractivity contribution in [1.29, 1.82) is 0 Å². The Morgan fingerprint density at radius 3 is 2.39 bits per heavy atom. The monoisotopic (exact) mass is 629 g/mol. The third-order valence-corrected chi connectivity index (χ3v) is 9.28. The number of rotatable bonds is 5. The zero-order chi connectivity index (χ0) is 29.4. The van der Waals surface area contributed by atoms with E-state index in [-0.39, 0.29) is 26.7 Å². The average molecular weight is 630 g/mol. The van der Waals surface area contributed by atoms with Crippen LogP contribution < -0.4 is 10.9 Å². The van der Waals surface area contributed by atoms with E-state index in [1.807, 2.05) is 0 Å². The van der Waals surface area contributed by atoms with Crippen LogP contribution >= 0.6 is 15.9 Å². The summed E-state index contributed by atoms with van der Waals surface area (Å²) in [4.78, 5) is 55.5. The van der Waals surface area contributed by atoms with E-state index in [1.165, 1.54) is 6.07 Å². The maximum atomic E-state index is 15.4. The molecule has 10 nitrogen and oxygen atoms in total. The third-order valence-electron chi connectivity index (χ3n) is 8.82. The minimum atomic E-state index is -3.49. The van der Waals surface area contributed by atoms with Gasteiger partial charge in [-0.25, -0.2) is 8.78 Å². The molecule has 214 valence electrons. The number of nitro benzene ring substituents is 1. The normalized spacial score (nSPS) is 23.9. The summed E-state index contributed by atoms with van der Waals surface area (Å²) in [7, 11) is 0. The first-order chi connectivity index (χ1) is 19.3. The number of para-hydroxylation sites is 1. The molecule has 3 aromatic rings. The van der Waals surface area contributed by atoms with Gasteiger partial charge in [0.25, 0.3) is 23.4 Å².